The number of hydrogen-bond donors (Lipinski definition) is 1. The van der Waals surface area contributed by atoms with E-state index in [1.165, 1.54) is 9.13 Å². The number of halogens is 1. The summed E-state index contributed by atoms with van der Waals surface area (Å²) in [5.41, 5.74) is 1.33. The van der Waals surface area contributed by atoms with Gasteiger partial charge in [0.2, 0.25) is 0 Å². The minimum atomic E-state index is 0.390. The van der Waals surface area contributed by atoms with Crippen LogP contribution in [0.4, 0.5) is 0 Å². The van der Waals surface area contributed by atoms with Crippen LogP contribution < -0.4 is 5.32 Å². The molecule has 0 aliphatic rings. The Morgan fingerprint density at radius 3 is 2.93 bits per heavy atom. The molecule has 0 amide bonds. The van der Waals surface area contributed by atoms with Crippen molar-refractivity contribution in [2.45, 2.75) is 25.8 Å². The molecule has 0 aromatic heterocycles. The highest BCUT2D eigenvalue weighted by atomic mass is 127. The molecular weight excluding hydrogens is 297 g/mol. The van der Waals surface area contributed by atoms with E-state index in [2.05, 4.69) is 65.0 Å². The van der Waals surface area contributed by atoms with Gasteiger partial charge in [-0.3, -0.25) is 0 Å². The van der Waals surface area contributed by atoms with Gasteiger partial charge in [0.25, 0.3) is 0 Å². The van der Waals surface area contributed by atoms with E-state index in [0.717, 1.165) is 19.4 Å². The maximum Gasteiger partial charge on any atom is 0.0329 e. The van der Waals surface area contributed by atoms with Gasteiger partial charge in [0, 0.05) is 16.0 Å². The summed E-state index contributed by atoms with van der Waals surface area (Å²) < 4.78 is 1.27. The molecule has 80 valence electrons. The van der Waals surface area contributed by atoms with E-state index >= 15 is 0 Å². The maximum absolute atomic E-state index is 5.30. The zero-order valence-corrected chi connectivity index (χ0v) is 11.1. The van der Waals surface area contributed by atoms with E-state index in [4.69, 9.17) is 6.42 Å². The fourth-order valence-electron chi connectivity index (χ4n) is 1.58. The molecule has 1 aromatic rings. The molecule has 0 fully saturated rings. The molecule has 0 aliphatic carbocycles. The van der Waals surface area contributed by atoms with Crippen LogP contribution >= 0.6 is 22.6 Å². The highest BCUT2D eigenvalue weighted by Gasteiger charge is 2.08. The molecule has 0 saturated carbocycles. The number of nitrogens with one attached hydrogen (secondary N) is 1. The summed E-state index contributed by atoms with van der Waals surface area (Å²) in [7, 11) is 0. The summed E-state index contributed by atoms with van der Waals surface area (Å²) in [4.78, 5) is 0. The zero-order chi connectivity index (χ0) is 11.1. The fourth-order valence-corrected chi connectivity index (χ4v) is 2.15. The van der Waals surface area contributed by atoms with Gasteiger partial charge in [0.05, 0.1) is 0 Å². The summed E-state index contributed by atoms with van der Waals surface area (Å²) in [6.07, 6.45) is 7.13. The van der Waals surface area contributed by atoms with Gasteiger partial charge in [-0.05, 0) is 53.3 Å². The Hall–Kier alpha value is -0.530. The summed E-state index contributed by atoms with van der Waals surface area (Å²) in [5, 5.41) is 3.46. The molecule has 1 N–H and O–H groups in total. The van der Waals surface area contributed by atoms with Crippen LogP contribution in [-0.2, 0) is 0 Å². The van der Waals surface area contributed by atoms with Gasteiger partial charge in [0.15, 0.2) is 0 Å². The number of hydrogen-bond acceptors (Lipinski definition) is 1. The van der Waals surface area contributed by atoms with E-state index in [1.807, 2.05) is 0 Å². The Morgan fingerprint density at radius 1 is 1.53 bits per heavy atom. The molecule has 1 rings (SSSR count). The molecule has 0 saturated heterocycles. The molecule has 0 radical (unpaired) electrons. The average molecular weight is 313 g/mol. The van der Waals surface area contributed by atoms with Crippen LogP contribution in [-0.4, -0.2) is 6.54 Å². The van der Waals surface area contributed by atoms with Crippen molar-refractivity contribution in [2.24, 2.45) is 0 Å². The zero-order valence-electron chi connectivity index (χ0n) is 8.96. The van der Waals surface area contributed by atoms with Crippen molar-refractivity contribution in [2.75, 3.05) is 6.54 Å². The summed E-state index contributed by atoms with van der Waals surface area (Å²) in [5.74, 6) is 2.70. The maximum atomic E-state index is 5.30. The average Bonchev–Trinajstić information content (AvgIpc) is 2.24. The monoisotopic (exact) mass is 313 g/mol. The quantitative estimate of drug-likeness (QED) is 0.649. The normalized spacial score (nSPS) is 12.1. The second kappa shape index (κ2) is 6.86. The third kappa shape index (κ3) is 4.23. The first-order valence-electron chi connectivity index (χ1n) is 5.20. The minimum Gasteiger partial charge on any atom is -0.310 e. The molecule has 1 aromatic carbocycles. The van der Waals surface area contributed by atoms with E-state index in [1.54, 1.807) is 0 Å². The Morgan fingerprint density at radius 2 is 2.33 bits per heavy atom. The first kappa shape index (κ1) is 12.5. The highest BCUT2D eigenvalue weighted by Crippen LogP contribution is 2.20. The number of rotatable bonds is 5. The molecule has 1 nitrogen and oxygen atoms in total. The lowest BCUT2D eigenvalue weighted by Gasteiger charge is -2.17. The van der Waals surface area contributed by atoms with Crippen molar-refractivity contribution in [1.29, 1.82) is 0 Å². The first-order valence-corrected chi connectivity index (χ1v) is 6.28. The standard InChI is InChI=1S/C13H16IN/c1-3-5-9-13(15-4-2)11-7-6-8-12(14)10-11/h1,6-8,10,13,15H,4-5,9H2,2H3. The Labute approximate surface area is 106 Å². The molecule has 1 atom stereocenters. The SMILES string of the molecule is C#CCCC(NCC)c1cccc(I)c1. The van der Waals surface area contributed by atoms with Gasteiger partial charge in [-0.15, -0.1) is 12.3 Å². The van der Waals surface area contributed by atoms with Crippen LogP contribution in [0.25, 0.3) is 0 Å². The van der Waals surface area contributed by atoms with Gasteiger partial charge < -0.3 is 5.32 Å². The predicted octanol–water partition coefficient (Wildman–Crippen LogP) is 3.36. The molecule has 2 heteroatoms. The first-order chi connectivity index (χ1) is 7.27. The van der Waals surface area contributed by atoms with Crippen LogP contribution in [0.3, 0.4) is 0 Å². The van der Waals surface area contributed by atoms with Crippen molar-refractivity contribution in [1.82, 2.24) is 5.32 Å². The number of terminal acetylenes is 1. The molecule has 15 heavy (non-hydrogen) atoms. The fraction of sp³-hybridized carbons (Fsp3) is 0.385. The largest absolute Gasteiger partial charge is 0.310 e. The van der Waals surface area contributed by atoms with E-state index in [0.29, 0.717) is 6.04 Å². The van der Waals surface area contributed by atoms with Crippen molar-refractivity contribution >= 4 is 22.6 Å². The third-order valence-electron chi connectivity index (χ3n) is 2.28. The second-order valence-electron chi connectivity index (χ2n) is 3.41. The van der Waals surface area contributed by atoms with E-state index < -0.39 is 0 Å². The van der Waals surface area contributed by atoms with Crippen LogP contribution in [0.2, 0.25) is 0 Å². The lowest BCUT2D eigenvalue weighted by molar-refractivity contribution is 0.522. The van der Waals surface area contributed by atoms with Crippen molar-refractivity contribution in [3.63, 3.8) is 0 Å². The van der Waals surface area contributed by atoms with Crippen LogP contribution in [0.15, 0.2) is 24.3 Å². The lowest BCUT2D eigenvalue weighted by Crippen LogP contribution is -2.20. The lowest BCUT2D eigenvalue weighted by atomic mass is 10.0. The summed E-state index contributed by atoms with van der Waals surface area (Å²) >= 11 is 2.34. The number of benzene rings is 1. The second-order valence-corrected chi connectivity index (χ2v) is 4.65. The Balaban J connectivity index is 2.74. The molecule has 0 heterocycles. The third-order valence-corrected chi connectivity index (χ3v) is 2.95. The molecule has 0 bridgehead atoms. The van der Waals surface area contributed by atoms with Crippen molar-refractivity contribution in [3.8, 4) is 12.3 Å². The predicted molar refractivity (Wildman–Crippen MR) is 73.6 cm³/mol. The van der Waals surface area contributed by atoms with Crippen molar-refractivity contribution < 1.29 is 0 Å². The minimum absolute atomic E-state index is 0.390. The topological polar surface area (TPSA) is 12.0 Å². The highest BCUT2D eigenvalue weighted by molar-refractivity contribution is 14.1. The molecule has 0 spiro atoms. The Bertz CT molecular complexity index is 341. The molecule has 1 unspecified atom stereocenters. The van der Waals surface area contributed by atoms with Crippen LogP contribution in [0.5, 0.6) is 0 Å². The van der Waals surface area contributed by atoms with Gasteiger partial charge >= 0.3 is 0 Å². The van der Waals surface area contributed by atoms with Gasteiger partial charge in [0.1, 0.15) is 0 Å². The van der Waals surface area contributed by atoms with Gasteiger partial charge in [-0.2, -0.15) is 0 Å². The molecule has 0 aliphatic heterocycles. The van der Waals surface area contributed by atoms with E-state index in [-0.39, 0.29) is 0 Å². The van der Waals surface area contributed by atoms with E-state index in [9.17, 15) is 0 Å². The van der Waals surface area contributed by atoms with Gasteiger partial charge in [-0.25, -0.2) is 0 Å². The Kier molecular flexibility index (Phi) is 5.74. The summed E-state index contributed by atoms with van der Waals surface area (Å²) in [6, 6.07) is 8.96. The van der Waals surface area contributed by atoms with Gasteiger partial charge in [-0.1, -0.05) is 19.1 Å². The smallest absolute Gasteiger partial charge is 0.0329 e. The van der Waals surface area contributed by atoms with Crippen molar-refractivity contribution in [3.05, 3.63) is 33.4 Å². The summed E-state index contributed by atoms with van der Waals surface area (Å²) in [6.45, 7) is 3.09. The van der Waals surface area contributed by atoms with Crippen LogP contribution in [0.1, 0.15) is 31.4 Å². The molecular formula is C13H16IN. The van der Waals surface area contributed by atoms with Crippen LogP contribution in [0, 0.1) is 15.9 Å².